The van der Waals surface area contributed by atoms with Gasteiger partial charge in [0.25, 0.3) is 11.1 Å². The van der Waals surface area contributed by atoms with Gasteiger partial charge in [-0.3, -0.25) is 0 Å². The predicted octanol–water partition coefficient (Wildman–Crippen LogP) is 8.00. The van der Waals surface area contributed by atoms with Crippen LogP contribution in [-0.2, 0) is 11.4 Å². The van der Waals surface area contributed by atoms with Crippen molar-refractivity contribution in [1.29, 1.82) is 0 Å². The predicted molar refractivity (Wildman–Crippen MR) is 152 cm³/mol. The maximum absolute atomic E-state index is 12.3. The van der Waals surface area contributed by atoms with Gasteiger partial charge in [0.1, 0.15) is 23.0 Å². The Bertz CT molecular complexity index is 1690. The number of methoxy groups -OCH3 is 1. The third kappa shape index (κ3) is 6.20. The lowest BCUT2D eigenvalue weighted by Gasteiger charge is -2.13. The Morgan fingerprint density at radius 3 is 2.49 bits per heavy atom. The van der Waals surface area contributed by atoms with Gasteiger partial charge in [-0.25, -0.2) is 4.79 Å². The second-order valence-electron chi connectivity index (χ2n) is 8.25. The van der Waals surface area contributed by atoms with E-state index in [2.05, 4.69) is 10.2 Å². The van der Waals surface area contributed by atoms with Gasteiger partial charge in [0.15, 0.2) is 0 Å². The molecule has 0 saturated carbocycles. The molecule has 0 aliphatic heterocycles. The van der Waals surface area contributed by atoms with Crippen molar-refractivity contribution < 1.29 is 23.8 Å². The number of carbonyl (C=O) groups is 1. The summed E-state index contributed by atoms with van der Waals surface area (Å²) < 4.78 is 17.3. The van der Waals surface area contributed by atoms with E-state index in [4.69, 9.17) is 37.1 Å². The minimum Gasteiger partial charge on any atom is -0.496 e. The first-order valence-electron chi connectivity index (χ1n) is 11.6. The third-order valence-corrected chi connectivity index (χ3v) is 7.06. The first kappa shape index (κ1) is 26.6. The number of carboxylic acid groups (broad SMARTS) is 1. The van der Waals surface area contributed by atoms with E-state index in [0.717, 1.165) is 28.1 Å². The number of ether oxygens (including phenoxy) is 2. The molecule has 7 nitrogen and oxygen atoms in total. The lowest BCUT2D eigenvalue weighted by atomic mass is 10.0. The molecule has 0 fully saturated rings. The molecule has 0 aliphatic rings. The van der Waals surface area contributed by atoms with Crippen molar-refractivity contribution in [1.82, 2.24) is 10.2 Å². The number of benzene rings is 4. The summed E-state index contributed by atoms with van der Waals surface area (Å²) in [6.07, 6.45) is 1.55. The summed E-state index contributed by atoms with van der Waals surface area (Å²) in [7, 11) is 1.51. The van der Waals surface area contributed by atoms with Crippen LogP contribution in [0.4, 0.5) is 0 Å². The molecule has 39 heavy (non-hydrogen) atoms. The Morgan fingerprint density at radius 1 is 0.974 bits per heavy atom. The minimum absolute atomic E-state index is 0.0315. The molecule has 1 N–H and O–H groups in total. The molecule has 0 amide bonds. The highest BCUT2D eigenvalue weighted by atomic mass is 35.5. The molecule has 0 atom stereocenters. The Morgan fingerprint density at radius 2 is 1.72 bits per heavy atom. The first-order valence-corrected chi connectivity index (χ1v) is 13.2. The summed E-state index contributed by atoms with van der Waals surface area (Å²) in [5, 5.41) is 21.1. The van der Waals surface area contributed by atoms with Gasteiger partial charge < -0.3 is 19.0 Å². The normalized spacial score (nSPS) is 11.5. The molecule has 4 aromatic carbocycles. The number of fused-ring (bicyclic) bond motifs is 1. The average molecular weight is 579 g/mol. The van der Waals surface area contributed by atoms with Gasteiger partial charge in [-0.2, -0.15) is 0 Å². The lowest BCUT2D eigenvalue weighted by molar-refractivity contribution is -0.131. The van der Waals surface area contributed by atoms with Crippen molar-refractivity contribution in [3.05, 3.63) is 105 Å². The van der Waals surface area contributed by atoms with Crippen LogP contribution in [-0.4, -0.2) is 28.4 Å². The van der Waals surface area contributed by atoms with E-state index in [-0.39, 0.29) is 22.6 Å². The van der Waals surface area contributed by atoms with Gasteiger partial charge in [0, 0.05) is 15.6 Å². The third-order valence-electron chi connectivity index (χ3n) is 5.72. The van der Waals surface area contributed by atoms with Crippen molar-refractivity contribution >= 4 is 57.8 Å². The summed E-state index contributed by atoms with van der Waals surface area (Å²) >= 11 is 13.0. The molecule has 1 aromatic heterocycles. The summed E-state index contributed by atoms with van der Waals surface area (Å²) in [6, 6.07) is 23.8. The fourth-order valence-electron chi connectivity index (χ4n) is 3.86. The zero-order valence-corrected chi connectivity index (χ0v) is 22.8. The average Bonchev–Trinajstić information content (AvgIpc) is 3.41. The number of rotatable bonds is 9. The van der Waals surface area contributed by atoms with E-state index in [1.54, 1.807) is 36.4 Å². The molecule has 0 bridgehead atoms. The monoisotopic (exact) mass is 578 g/mol. The van der Waals surface area contributed by atoms with Crippen LogP contribution in [0, 0.1) is 0 Å². The van der Waals surface area contributed by atoms with Crippen LogP contribution in [0.2, 0.25) is 10.0 Å². The van der Waals surface area contributed by atoms with E-state index < -0.39 is 5.97 Å². The topological polar surface area (TPSA) is 94.7 Å². The van der Waals surface area contributed by atoms with Crippen LogP contribution < -0.4 is 9.47 Å². The highest BCUT2D eigenvalue weighted by Crippen LogP contribution is 2.37. The molecule has 196 valence electrons. The number of halogens is 2. The van der Waals surface area contributed by atoms with Gasteiger partial charge >= 0.3 is 5.97 Å². The van der Waals surface area contributed by atoms with Crippen molar-refractivity contribution in [2.24, 2.45) is 0 Å². The molecule has 0 unspecified atom stereocenters. The van der Waals surface area contributed by atoms with Crippen LogP contribution in [0.1, 0.15) is 11.1 Å². The standard InChI is InChI=1S/C29H20Cl2N2O5S/c1-36-24-13-11-20(31)14-23(24)27-32-33-29(38-27)39-26(28(34)35)15-22-21-5-3-2-4-18(21)8-12-25(22)37-16-17-6-9-19(30)10-7-17/h2-15H,16H2,1H3,(H,34,35)/b26-15-. The summed E-state index contributed by atoms with van der Waals surface area (Å²) in [5.41, 5.74) is 2.03. The van der Waals surface area contributed by atoms with Crippen molar-refractivity contribution in [2.75, 3.05) is 7.11 Å². The highest BCUT2D eigenvalue weighted by Gasteiger charge is 2.20. The Labute approximate surface area is 238 Å². The second kappa shape index (κ2) is 11.8. The zero-order chi connectivity index (χ0) is 27.4. The van der Waals surface area contributed by atoms with Crippen LogP contribution in [0.25, 0.3) is 28.3 Å². The largest absolute Gasteiger partial charge is 0.496 e. The SMILES string of the molecule is COc1ccc(Cl)cc1-c1nnc(S/C(=C\c2c(OCc3ccc(Cl)cc3)ccc3ccccc23)C(=O)O)o1. The number of nitrogens with zero attached hydrogens (tertiary/aromatic N) is 2. The van der Waals surface area contributed by atoms with Crippen molar-refractivity contribution in [3.8, 4) is 23.0 Å². The summed E-state index contributed by atoms with van der Waals surface area (Å²) in [6.45, 7) is 0.278. The molecular weight excluding hydrogens is 559 g/mol. The van der Waals surface area contributed by atoms with Gasteiger partial charge in [-0.15, -0.1) is 10.2 Å². The maximum Gasteiger partial charge on any atom is 0.342 e. The zero-order valence-electron chi connectivity index (χ0n) is 20.4. The van der Waals surface area contributed by atoms with E-state index in [1.807, 2.05) is 48.5 Å². The fourth-order valence-corrected chi connectivity index (χ4v) is 4.81. The Hall–Kier alpha value is -3.98. The van der Waals surface area contributed by atoms with Crippen molar-refractivity contribution in [3.63, 3.8) is 0 Å². The number of hydrogen-bond donors (Lipinski definition) is 1. The van der Waals surface area contributed by atoms with Crippen LogP contribution >= 0.6 is 35.0 Å². The van der Waals surface area contributed by atoms with E-state index in [9.17, 15) is 9.90 Å². The molecule has 10 heteroatoms. The fraction of sp³-hybridized carbons (Fsp3) is 0.0690. The summed E-state index contributed by atoms with van der Waals surface area (Å²) in [4.78, 5) is 12.3. The number of aliphatic carboxylic acids is 1. The first-order chi connectivity index (χ1) is 18.9. The molecule has 0 aliphatic carbocycles. The van der Waals surface area contributed by atoms with E-state index >= 15 is 0 Å². The van der Waals surface area contributed by atoms with Crippen LogP contribution in [0.15, 0.2) is 93.4 Å². The van der Waals surface area contributed by atoms with Gasteiger partial charge in [0.2, 0.25) is 0 Å². The lowest BCUT2D eigenvalue weighted by Crippen LogP contribution is -2.00. The minimum atomic E-state index is -1.16. The molecule has 0 spiro atoms. The van der Waals surface area contributed by atoms with E-state index in [1.165, 1.54) is 7.11 Å². The number of thioether (sulfide) groups is 1. The highest BCUT2D eigenvalue weighted by molar-refractivity contribution is 8.03. The number of carboxylic acids is 1. The molecule has 0 saturated heterocycles. The van der Waals surface area contributed by atoms with Gasteiger partial charge in [0.05, 0.1) is 12.7 Å². The second-order valence-corrected chi connectivity index (χ2v) is 10.1. The molecule has 1 heterocycles. The molecule has 5 rings (SSSR count). The van der Waals surface area contributed by atoms with Crippen molar-refractivity contribution in [2.45, 2.75) is 11.8 Å². The van der Waals surface area contributed by atoms with Gasteiger partial charge in [-0.05, 0) is 70.6 Å². The Kier molecular flexibility index (Phi) is 8.07. The van der Waals surface area contributed by atoms with Crippen LogP contribution in [0.5, 0.6) is 11.5 Å². The van der Waals surface area contributed by atoms with Gasteiger partial charge in [-0.1, -0.05) is 65.7 Å². The van der Waals surface area contributed by atoms with Crippen LogP contribution in [0.3, 0.4) is 0 Å². The number of aromatic nitrogens is 2. The Balaban J connectivity index is 1.49. The summed E-state index contributed by atoms with van der Waals surface area (Å²) in [5.74, 6) is 0.0140. The quantitative estimate of drug-likeness (QED) is 0.139. The van der Waals surface area contributed by atoms with E-state index in [0.29, 0.717) is 32.7 Å². The number of hydrogen-bond acceptors (Lipinski definition) is 7. The smallest absolute Gasteiger partial charge is 0.342 e. The molecular formula is C29H20Cl2N2O5S. The molecule has 5 aromatic rings. The maximum atomic E-state index is 12.3. The molecule has 0 radical (unpaired) electrons.